The van der Waals surface area contributed by atoms with Gasteiger partial charge in [-0.3, -0.25) is 0 Å². The Morgan fingerprint density at radius 3 is 2.74 bits per heavy atom. The maximum absolute atomic E-state index is 11.6. The summed E-state index contributed by atoms with van der Waals surface area (Å²) in [5, 5.41) is 5.28. The van der Waals surface area contributed by atoms with Crippen LogP contribution in [0.2, 0.25) is 0 Å². The molecule has 1 heterocycles. The van der Waals surface area contributed by atoms with Crippen molar-refractivity contribution >= 4 is 15.7 Å². The van der Waals surface area contributed by atoms with E-state index < -0.39 is 10.0 Å². The van der Waals surface area contributed by atoms with Gasteiger partial charge in [0.1, 0.15) is 4.90 Å². The highest BCUT2D eigenvalue weighted by Gasteiger charge is 2.23. The maximum Gasteiger partial charge on any atom is 0.240 e. The quantitative estimate of drug-likeness (QED) is 0.859. The number of para-hydroxylation sites is 1. The molecule has 1 atom stereocenters. The van der Waals surface area contributed by atoms with Crippen molar-refractivity contribution in [3.8, 4) is 0 Å². The Bertz CT molecular complexity index is 528. The predicted molar refractivity (Wildman–Crippen MR) is 76.4 cm³/mol. The Morgan fingerprint density at radius 1 is 1.32 bits per heavy atom. The average Bonchev–Trinajstić information content (AvgIpc) is 2.38. The minimum absolute atomic E-state index is 0.211. The third-order valence-corrected chi connectivity index (χ3v) is 4.56. The summed E-state index contributed by atoms with van der Waals surface area (Å²) in [5.74, 6) is 0.535. The zero-order valence-electron chi connectivity index (χ0n) is 11.0. The van der Waals surface area contributed by atoms with Gasteiger partial charge in [-0.05, 0) is 43.9 Å². The van der Waals surface area contributed by atoms with Gasteiger partial charge >= 0.3 is 0 Å². The van der Waals surface area contributed by atoms with Gasteiger partial charge in [-0.15, -0.1) is 0 Å². The molecule has 1 aromatic carbocycles. The summed E-state index contributed by atoms with van der Waals surface area (Å²) in [6.07, 6.45) is 3.20. The molecule has 1 aliphatic heterocycles. The summed E-state index contributed by atoms with van der Waals surface area (Å²) in [6.45, 7) is 2.40. The lowest BCUT2D eigenvalue weighted by Crippen LogP contribution is -2.37. The third kappa shape index (κ3) is 3.46. The van der Waals surface area contributed by atoms with Gasteiger partial charge in [0, 0.05) is 13.1 Å². The summed E-state index contributed by atoms with van der Waals surface area (Å²) in [6, 6.07) is 6.93. The van der Waals surface area contributed by atoms with Gasteiger partial charge in [0.2, 0.25) is 10.0 Å². The van der Waals surface area contributed by atoms with E-state index in [9.17, 15) is 8.42 Å². The second-order valence-electron chi connectivity index (χ2n) is 5.04. The highest BCUT2D eigenvalue weighted by atomic mass is 32.2. The summed E-state index contributed by atoms with van der Waals surface area (Å²) < 4.78 is 23.3. The molecule has 0 radical (unpaired) electrons. The van der Waals surface area contributed by atoms with Crippen molar-refractivity contribution in [2.75, 3.05) is 24.5 Å². The molecule has 0 bridgehead atoms. The Hall–Kier alpha value is -1.11. The molecule has 4 N–H and O–H groups in total. The van der Waals surface area contributed by atoms with Crippen molar-refractivity contribution in [3.63, 3.8) is 0 Å². The molecule has 2 rings (SSSR count). The molecular formula is C13H21N3O2S. The second-order valence-corrected chi connectivity index (χ2v) is 6.57. The van der Waals surface area contributed by atoms with Crippen molar-refractivity contribution in [1.29, 1.82) is 0 Å². The van der Waals surface area contributed by atoms with Crippen LogP contribution in [0.5, 0.6) is 0 Å². The maximum atomic E-state index is 11.6. The number of hydrogen-bond acceptors (Lipinski definition) is 4. The van der Waals surface area contributed by atoms with Crippen molar-refractivity contribution in [3.05, 3.63) is 24.3 Å². The van der Waals surface area contributed by atoms with Crippen LogP contribution in [0.15, 0.2) is 29.2 Å². The summed E-state index contributed by atoms with van der Waals surface area (Å²) in [7, 11) is -3.68. The smallest absolute Gasteiger partial charge is 0.240 e. The topological polar surface area (TPSA) is 89.4 Å². The van der Waals surface area contributed by atoms with Crippen LogP contribution in [-0.4, -0.2) is 28.1 Å². The molecular weight excluding hydrogens is 262 g/mol. The van der Waals surface area contributed by atoms with Crippen molar-refractivity contribution in [1.82, 2.24) is 0 Å². The lowest BCUT2D eigenvalue weighted by atomic mass is 9.94. The molecule has 0 spiro atoms. The Morgan fingerprint density at radius 2 is 2.05 bits per heavy atom. The van der Waals surface area contributed by atoms with Gasteiger partial charge in [-0.1, -0.05) is 12.1 Å². The van der Waals surface area contributed by atoms with Gasteiger partial charge in [-0.25, -0.2) is 13.6 Å². The molecule has 1 saturated heterocycles. The standard InChI is InChI=1S/C13H21N3O2S/c14-8-7-11-4-3-9-16(10-11)12-5-1-2-6-13(12)19(15,17)18/h1-2,5-6,11H,3-4,7-10,14H2,(H2,15,17,18). The fourth-order valence-electron chi connectivity index (χ4n) is 2.71. The van der Waals surface area contributed by atoms with Crippen molar-refractivity contribution < 1.29 is 8.42 Å². The number of benzene rings is 1. The van der Waals surface area contributed by atoms with Crippen LogP contribution in [0, 0.1) is 5.92 Å². The lowest BCUT2D eigenvalue weighted by Gasteiger charge is -2.35. The molecule has 0 aromatic heterocycles. The average molecular weight is 283 g/mol. The van der Waals surface area contributed by atoms with Crippen molar-refractivity contribution in [2.45, 2.75) is 24.2 Å². The number of nitrogens with zero attached hydrogens (tertiary/aromatic N) is 1. The molecule has 0 saturated carbocycles. The number of hydrogen-bond donors (Lipinski definition) is 2. The number of rotatable bonds is 4. The predicted octanol–water partition coefficient (Wildman–Crippen LogP) is 0.899. The van der Waals surface area contributed by atoms with E-state index in [0.29, 0.717) is 18.2 Å². The SMILES string of the molecule is NCCC1CCCN(c2ccccc2S(N)(=O)=O)C1. The van der Waals surface area contributed by atoms with Gasteiger partial charge in [0.05, 0.1) is 5.69 Å². The monoisotopic (exact) mass is 283 g/mol. The van der Waals surface area contributed by atoms with E-state index >= 15 is 0 Å². The highest BCUT2D eigenvalue weighted by Crippen LogP contribution is 2.29. The van der Waals surface area contributed by atoms with Gasteiger partial charge in [0.25, 0.3) is 0 Å². The van der Waals surface area contributed by atoms with Crippen LogP contribution in [-0.2, 0) is 10.0 Å². The molecule has 0 aliphatic carbocycles. The van der Waals surface area contributed by atoms with Crippen LogP contribution in [0.4, 0.5) is 5.69 Å². The number of piperidine rings is 1. The molecule has 6 heteroatoms. The third-order valence-electron chi connectivity index (χ3n) is 3.61. The van der Waals surface area contributed by atoms with Crippen LogP contribution >= 0.6 is 0 Å². The van der Waals surface area contributed by atoms with Crippen LogP contribution < -0.4 is 15.8 Å². The van der Waals surface area contributed by atoms with Crippen LogP contribution in [0.3, 0.4) is 0 Å². The molecule has 106 valence electrons. The first-order valence-electron chi connectivity index (χ1n) is 6.59. The molecule has 1 unspecified atom stereocenters. The molecule has 0 amide bonds. The first kappa shape index (κ1) is 14.3. The Labute approximate surface area is 114 Å². The summed E-state index contributed by atoms with van der Waals surface area (Å²) in [4.78, 5) is 2.33. The van der Waals surface area contributed by atoms with E-state index in [1.165, 1.54) is 0 Å². The number of sulfonamides is 1. The van der Waals surface area contributed by atoms with E-state index in [1.54, 1.807) is 12.1 Å². The largest absolute Gasteiger partial charge is 0.370 e. The first-order valence-corrected chi connectivity index (χ1v) is 8.14. The van der Waals surface area contributed by atoms with E-state index in [1.807, 2.05) is 12.1 Å². The minimum Gasteiger partial charge on any atom is -0.370 e. The molecule has 1 fully saturated rings. The van der Waals surface area contributed by atoms with Crippen LogP contribution in [0.1, 0.15) is 19.3 Å². The fraction of sp³-hybridized carbons (Fsp3) is 0.538. The van der Waals surface area contributed by atoms with E-state index in [0.717, 1.165) is 32.4 Å². The van der Waals surface area contributed by atoms with E-state index in [-0.39, 0.29) is 4.90 Å². The first-order chi connectivity index (χ1) is 9.02. The normalized spacial score (nSPS) is 20.5. The van der Waals surface area contributed by atoms with Gasteiger partial charge < -0.3 is 10.6 Å². The number of nitrogens with two attached hydrogens (primary N) is 2. The number of primary sulfonamides is 1. The molecule has 1 aliphatic rings. The van der Waals surface area contributed by atoms with Crippen LogP contribution in [0.25, 0.3) is 0 Å². The molecule has 5 nitrogen and oxygen atoms in total. The van der Waals surface area contributed by atoms with E-state index in [4.69, 9.17) is 10.9 Å². The minimum atomic E-state index is -3.68. The molecule has 19 heavy (non-hydrogen) atoms. The van der Waals surface area contributed by atoms with Crippen molar-refractivity contribution in [2.24, 2.45) is 16.8 Å². The Kier molecular flexibility index (Phi) is 4.44. The Balaban J connectivity index is 2.27. The fourth-order valence-corrected chi connectivity index (χ4v) is 3.47. The van der Waals surface area contributed by atoms with E-state index in [2.05, 4.69) is 4.90 Å². The second kappa shape index (κ2) is 5.90. The zero-order valence-corrected chi connectivity index (χ0v) is 11.8. The van der Waals surface area contributed by atoms with Gasteiger partial charge in [0.15, 0.2) is 0 Å². The summed E-state index contributed by atoms with van der Waals surface area (Å²) in [5.41, 5.74) is 6.32. The summed E-state index contributed by atoms with van der Waals surface area (Å²) >= 11 is 0. The zero-order chi connectivity index (χ0) is 13.9. The lowest BCUT2D eigenvalue weighted by molar-refractivity contribution is 0.395. The number of anilines is 1. The highest BCUT2D eigenvalue weighted by molar-refractivity contribution is 7.89. The van der Waals surface area contributed by atoms with Gasteiger partial charge in [-0.2, -0.15) is 0 Å². The molecule has 1 aromatic rings.